The normalized spacial score (nSPS) is 11.2. The maximum absolute atomic E-state index is 11.9. The van der Waals surface area contributed by atoms with E-state index in [-0.39, 0.29) is 5.75 Å². The van der Waals surface area contributed by atoms with E-state index >= 15 is 0 Å². The van der Waals surface area contributed by atoms with Crippen LogP contribution < -0.4 is 9.62 Å². The van der Waals surface area contributed by atoms with E-state index in [2.05, 4.69) is 10.3 Å². The van der Waals surface area contributed by atoms with Crippen LogP contribution in [-0.2, 0) is 10.0 Å². The average molecular weight is 257 g/mol. The molecule has 0 aromatic carbocycles. The Kier molecular flexibility index (Phi) is 4.74. The smallest absolute Gasteiger partial charge is 0.234 e. The van der Waals surface area contributed by atoms with Crippen LogP contribution in [0, 0.1) is 0 Å². The number of nitrogens with zero attached hydrogens (tertiary/aromatic N) is 2. The lowest BCUT2D eigenvalue weighted by Gasteiger charge is -2.19. The predicted octanol–water partition coefficient (Wildman–Crippen LogP) is 1.69. The van der Waals surface area contributed by atoms with Gasteiger partial charge in [0.05, 0.1) is 17.6 Å². The van der Waals surface area contributed by atoms with Crippen molar-refractivity contribution in [2.24, 2.45) is 0 Å². The summed E-state index contributed by atoms with van der Waals surface area (Å²) < 4.78 is 25.1. The first kappa shape index (κ1) is 13.8. The quantitative estimate of drug-likeness (QED) is 0.842. The fourth-order valence-electron chi connectivity index (χ4n) is 1.34. The Labute approximate surface area is 103 Å². The summed E-state index contributed by atoms with van der Waals surface area (Å²) in [6, 6.07) is 3.49. The molecule has 5 nitrogen and oxygen atoms in total. The SMILES string of the molecule is CCCCS(=O)(=O)N(C)c1ccc(NC)nc1. The molecule has 1 rings (SSSR count). The van der Waals surface area contributed by atoms with Crippen LogP contribution in [0.5, 0.6) is 0 Å². The largest absolute Gasteiger partial charge is 0.373 e. The van der Waals surface area contributed by atoms with Crippen molar-refractivity contribution >= 4 is 21.5 Å². The summed E-state index contributed by atoms with van der Waals surface area (Å²) in [6.07, 6.45) is 3.09. The zero-order valence-electron chi connectivity index (χ0n) is 10.5. The van der Waals surface area contributed by atoms with E-state index in [1.165, 1.54) is 4.31 Å². The van der Waals surface area contributed by atoms with E-state index < -0.39 is 10.0 Å². The molecule has 0 aliphatic rings. The molecule has 0 aliphatic heterocycles. The van der Waals surface area contributed by atoms with Crippen molar-refractivity contribution in [3.8, 4) is 0 Å². The molecule has 0 aliphatic carbocycles. The molecule has 17 heavy (non-hydrogen) atoms. The Morgan fingerprint density at radius 1 is 1.41 bits per heavy atom. The molecule has 0 saturated carbocycles. The standard InChI is InChI=1S/C11H19N3O2S/c1-4-5-8-17(15,16)14(3)10-6-7-11(12-2)13-9-10/h6-7,9H,4-5,8H2,1-3H3,(H,12,13). The molecule has 1 aromatic rings. The van der Waals surface area contributed by atoms with Gasteiger partial charge in [0.25, 0.3) is 0 Å². The summed E-state index contributed by atoms with van der Waals surface area (Å²) in [5, 5.41) is 2.89. The Balaban J connectivity index is 2.84. The van der Waals surface area contributed by atoms with Crippen LogP contribution >= 0.6 is 0 Å². The summed E-state index contributed by atoms with van der Waals surface area (Å²) in [4.78, 5) is 4.09. The number of hydrogen-bond donors (Lipinski definition) is 1. The topological polar surface area (TPSA) is 62.3 Å². The zero-order chi connectivity index (χ0) is 12.9. The van der Waals surface area contributed by atoms with Crippen molar-refractivity contribution in [2.75, 3.05) is 29.5 Å². The van der Waals surface area contributed by atoms with Gasteiger partial charge in [-0.2, -0.15) is 0 Å². The molecular weight excluding hydrogens is 238 g/mol. The second kappa shape index (κ2) is 5.86. The number of nitrogens with one attached hydrogen (secondary N) is 1. The maximum Gasteiger partial charge on any atom is 0.234 e. The fraction of sp³-hybridized carbons (Fsp3) is 0.545. The molecule has 0 radical (unpaired) electrons. The molecule has 0 saturated heterocycles. The van der Waals surface area contributed by atoms with Gasteiger partial charge in [0, 0.05) is 14.1 Å². The van der Waals surface area contributed by atoms with E-state index in [4.69, 9.17) is 0 Å². The Morgan fingerprint density at radius 2 is 2.12 bits per heavy atom. The molecule has 0 atom stereocenters. The van der Waals surface area contributed by atoms with Crippen LogP contribution in [0.25, 0.3) is 0 Å². The molecule has 0 amide bonds. The fourth-order valence-corrected chi connectivity index (χ4v) is 2.70. The molecule has 96 valence electrons. The molecule has 6 heteroatoms. The van der Waals surface area contributed by atoms with Crippen molar-refractivity contribution < 1.29 is 8.42 Å². The van der Waals surface area contributed by atoms with Crippen LogP contribution in [0.1, 0.15) is 19.8 Å². The average Bonchev–Trinajstić information content (AvgIpc) is 2.35. The summed E-state index contributed by atoms with van der Waals surface area (Å²) in [5.41, 5.74) is 0.583. The second-order valence-electron chi connectivity index (χ2n) is 3.79. The van der Waals surface area contributed by atoms with E-state index in [1.54, 1.807) is 32.4 Å². The van der Waals surface area contributed by atoms with E-state index in [1.807, 2.05) is 6.92 Å². The Bertz CT molecular complexity index is 442. The molecule has 0 unspecified atom stereocenters. The first-order valence-electron chi connectivity index (χ1n) is 5.61. The lowest BCUT2D eigenvalue weighted by molar-refractivity contribution is 0.591. The molecule has 1 N–H and O–H groups in total. The van der Waals surface area contributed by atoms with Crippen LogP contribution in [-0.4, -0.2) is 33.2 Å². The number of aromatic nitrogens is 1. The number of rotatable bonds is 6. The van der Waals surface area contributed by atoms with Gasteiger partial charge < -0.3 is 5.32 Å². The molecule has 1 heterocycles. The second-order valence-corrected chi connectivity index (χ2v) is 5.91. The molecule has 1 aromatic heterocycles. The van der Waals surface area contributed by atoms with E-state index in [0.717, 1.165) is 6.42 Å². The third-order valence-corrected chi connectivity index (χ3v) is 4.39. The van der Waals surface area contributed by atoms with Gasteiger partial charge in [-0.3, -0.25) is 4.31 Å². The molecule has 0 fully saturated rings. The van der Waals surface area contributed by atoms with Gasteiger partial charge in [-0.25, -0.2) is 13.4 Å². The van der Waals surface area contributed by atoms with E-state index in [0.29, 0.717) is 17.9 Å². The van der Waals surface area contributed by atoms with Crippen molar-refractivity contribution in [3.63, 3.8) is 0 Å². The lowest BCUT2D eigenvalue weighted by atomic mass is 10.4. The Morgan fingerprint density at radius 3 is 2.59 bits per heavy atom. The van der Waals surface area contributed by atoms with Crippen molar-refractivity contribution in [2.45, 2.75) is 19.8 Å². The predicted molar refractivity (Wildman–Crippen MR) is 70.9 cm³/mol. The number of sulfonamides is 1. The third-order valence-electron chi connectivity index (χ3n) is 2.54. The van der Waals surface area contributed by atoms with Crippen LogP contribution in [0.3, 0.4) is 0 Å². The van der Waals surface area contributed by atoms with Crippen LogP contribution in [0.15, 0.2) is 18.3 Å². The number of anilines is 2. The van der Waals surface area contributed by atoms with E-state index in [9.17, 15) is 8.42 Å². The summed E-state index contributed by atoms with van der Waals surface area (Å²) in [5.74, 6) is 0.890. The number of pyridine rings is 1. The van der Waals surface area contributed by atoms with Gasteiger partial charge in [0.15, 0.2) is 0 Å². The number of hydrogen-bond acceptors (Lipinski definition) is 4. The highest BCUT2D eigenvalue weighted by Gasteiger charge is 2.17. The third kappa shape index (κ3) is 3.59. The van der Waals surface area contributed by atoms with Crippen LogP contribution in [0.4, 0.5) is 11.5 Å². The minimum atomic E-state index is -3.22. The van der Waals surface area contributed by atoms with Crippen molar-refractivity contribution in [1.29, 1.82) is 0 Å². The Hall–Kier alpha value is -1.30. The minimum absolute atomic E-state index is 0.174. The van der Waals surface area contributed by atoms with Gasteiger partial charge in [0.1, 0.15) is 5.82 Å². The number of unbranched alkanes of at least 4 members (excludes halogenated alkanes) is 1. The van der Waals surface area contributed by atoms with Gasteiger partial charge in [0.2, 0.25) is 10.0 Å². The van der Waals surface area contributed by atoms with Crippen LogP contribution in [0.2, 0.25) is 0 Å². The molecule has 0 spiro atoms. The summed E-state index contributed by atoms with van der Waals surface area (Å²) >= 11 is 0. The summed E-state index contributed by atoms with van der Waals surface area (Å²) in [7, 11) is 0.102. The minimum Gasteiger partial charge on any atom is -0.373 e. The van der Waals surface area contributed by atoms with Gasteiger partial charge in [-0.15, -0.1) is 0 Å². The highest BCUT2D eigenvalue weighted by Crippen LogP contribution is 2.17. The van der Waals surface area contributed by atoms with Crippen molar-refractivity contribution in [3.05, 3.63) is 18.3 Å². The summed E-state index contributed by atoms with van der Waals surface area (Å²) in [6.45, 7) is 1.97. The zero-order valence-corrected chi connectivity index (χ0v) is 11.3. The lowest BCUT2D eigenvalue weighted by Crippen LogP contribution is -2.29. The first-order valence-corrected chi connectivity index (χ1v) is 7.22. The van der Waals surface area contributed by atoms with Crippen molar-refractivity contribution in [1.82, 2.24) is 4.98 Å². The monoisotopic (exact) mass is 257 g/mol. The first-order chi connectivity index (χ1) is 8.01. The highest BCUT2D eigenvalue weighted by atomic mass is 32.2. The van der Waals surface area contributed by atoms with Gasteiger partial charge >= 0.3 is 0 Å². The maximum atomic E-state index is 11.9. The van der Waals surface area contributed by atoms with Gasteiger partial charge in [-0.1, -0.05) is 13.3 Å². The van der Waals surface area contributed by atoms with Gasteiger partial charge in [-0.05, 0) is 18.6 Å². The molecular formula is C11H19N3O2S. The molecule has 0 bridgehead atoms. The highest BCUT2D eigenvalue weighted by molar-refractivity contribution is 7.92.